The molecule has 2 aromatic carbocycles. The third-order valence-electron chi connectivity index (χ3n) is 4.60. The normalized spacial score (nSPS) is 10.4. The molecule has 1 heterocycles. The molecular weight excluding hydrogens is 350 g/mol. The lowest BCUT2D eigenvalue weighted by atomic mass is 10.1. The first kappa shape index (κ1) is 19.3. The van der Waals surface area contributed by atoms with Gasteiger partial charge in [-0.3, -0.25) is 14.6 Å². The Kier molecular flexibility index (Phi) is 5.84. The summed E-state index contributed by atoms with van der Waals surface area (Å²) in [5, 5.41) is 5.75. The van der Waals surface area contributed by atoms with Gasteiger partial charge in [-0.1, -0.05) is 37.3 Å². The third-order valence-corrected chi connectivity index (χ3v) is 4.60. The number of aromatic nitrogens is 1. The summed E-state index contributed by atoms with van der Waals surface area (Å²) in [6.45, 7) is 5.96. The highest BCUT2D eigenvalue weighted by atomic mass is 16.2. The van der Waals surface area contributed by atoms with Crippen LogP contribution in [0.5, 0.6) is 0 Å². The SMILES string of the molecule is CCc1ccc(NC(=O)c2cncc(C(=O)Nc3c(C)cccc3C)c2)cc1. The van der Waals surface area contributed by atoms with E-state index in [9.17, 15) is 9.59 Å². The molecule has 0 saturated heterocycles. The molecule has 0 spiro atoms. The van der Waals surface area contributed by atoms with Crippen LogP contribution >= 0.6 is 0 Å². The van der Waals surface area contributed by atoms with E-state index in [1.807, 2.05) is 56.3 Å². The van der Waals surface area contributed by atoms with Crippen molar-refractivity contribution in [3.05, 3.63) is 88.7 Å². The van der Waals surface area contributed by atoms with Crippen LogP contribution in [0.1, 0.15) is 44.3 Å². The van der Waals surface area contributed by atoms with Gasteiger partial charge >= 0.3 is 0 Å². The van der Waals surface area contributed by atoms with Gasteiger partial charge in [0.1, 0.15) is 0 Å². The molecule has 3 aromatic rings. The second-order valence-electron chi connectivity index (χ2n) is 6.69. The quantitative estimate of drug-likeness (QED) is 0.677. The summed E-state index contributed by atoms with van der Waals surface area (Å²) < 4.78 is 0. The van der Waals surface area contributed by atoms with Crippen molar-refractivity contribution in [3.8, 4) is 0 Å². The largest absolute Gasteiger partial charge is 0.322 e. The number of rotatable bonds is 5. The Balaban J connectivity index is 1.75. The van der Waals surface area contributed by atoms with Crippen molar-refractivity contribution in [1.82, 2.24) is 4.98 Å². The van der Waals surface area contributed by atoms with E-state index in [0.29, 0.717) is 16.8 Å². The predicted molar refractivity (Wildman–Crippen MR) is 112 cm³/mol. The van der Waals surface area contributed by atoms with E-state index in [1.54, 1.807) is 6.07 Å². The molecule has 0 bridgehead atoms. The van der Waals surface area contributed by atoms with E-state index in [4.69, 9.17) is 0 Å². The maximum atomic E-state index is 12.6. The molecule has 0 aliphatic rings. The molecule has 0 aliphatic carbocycles. The summed E-state index contributed by atoms with van der Waals surface area (Å²) in [5.41, 5.74) is 5.29. The monoisotopic (exact) mass is 373 g/mol. The zero-order chi connectivity index (χ0) is 20.1. The molecule has 0 aliphatic heterocycles. The summed E-state index contributed by atoms with van der Waals surface area (Å²) >= 11 is 0. The number of carbonyl (C=O) groups is 2. The standard InChI is InChI=1S/C23H23N3O2/c1-4-17-8-10-20(11-9-17)25-22(27)18-12-19(14-24-13-18)23(28)26-21-15(2)6-5-7-16(21)3/h5-14H,4H2,1-3H3,(H,25,27)(H,26,28). The van der Waals surface area contributed by atoms with E-state index in [1.165, 1.54) is 18.0 Å². The van der Waals surface area contributed by atoms with Gasteiger partial charge in [0.25, 0.3) is 11.8 Å². The van der Waals surface area contributed by atoms with Gasteiger partial charge in [0.2, 0.25) is 0 Å². The first-order valence-electron chi connectivity index (χ1n) is 9.21. The molecule has 0 fully saturated rings. The van der Waals surface area contributed by atoms with Crippen LogP contribution in [0.15, 0.2) is 60.9 Å². The fourth-order valence-corrected chi connectivity index (χ4v) is 2.91. The number of anilines is 2. The maximum Gasteiger partial charge on any atom is 0.257 e. The Morgan fingerprint density at radius 3 is 2.00 bits per heavy atom. The maximum absolute atomic E-state index is 12.6. The topological polar surface area (TPSA) is 71.1 Å². The zero-order valence-corrected chi connectivity index (χ0v) is 16.2. The van der Waals surface area contributed by atoms with Gasteiger partial charge in [-0.05, 0) is 55.2 Å². The van der Waals surface area contributed by atoms with Crippen LogP contribution in [0.2, 0.25) is 0 Å². The van der Waals surface area contributed by atoms with Crippen molar-refractivity contribution in [1.29, 1.82) is 0 Å². The molecular formula is C23H23N3O2. The highest BCUT2D eigenvalue weighted by molar-refractivity contribution is 6.08. The lowest BCUT2D eigenvalue weighted by molar-refractivity contribution is 0.102. The first-order valence-corrected chi connectivity index (χ1v) is 9.21. The molecule has 0 saturated carbocycles. The highest BCUT2D eigenvalue weighted by Crippen LogP contribution is 2.20. The number of para-hydroxylation sites is 1. The average molecular weight is 373 g/mol. The lowest BCUT2D eigenvalue weighted by Gasteiger charge is -2.12. The van der Waals surface area contributed by atoms with Crippen LogP contribution < -0.4 is 10.6 Å². The van der Waals surface area contributed by atoms with Gasteiger partial charge in [0, 0.05) is 23.8 Å². The van der Waals surface area contributed by atoms with Gasteiger partial charge < -0.3 is 10.6 Å². The number of benzene rings is 2. The molecule has 1 aromatic heterocycles. The second kappa shape index (κ2) is 8.48. The number of carbonyl (C=O) groups excluding carboxylic acids is 2. The Morgan fingerprint density at radius 2 is 1.43 bits per heavy atom. The number of aryl methyl sites for hydroxylation is 3. The first-order chi connectivity index (χ1) is 13.5. The molecule has 2 N–H and O–H groups in total. The summed E-state index contributed by atoms with van der Waals surface area (Å²) in [7, 11) is 0. The molecule has 0 atom stereocenters. The van der Waals surface area contributed by atoms with Crippen molar-refractivity contribution >= 4 is 23.2 Å². The van der Waals surface area contributed by atoms with Gasteiger partial charge in [-0.2, -0.15) is 0 Å². The van der Waals surface area contributed by atoms with E-state index < -0.39 is 0 Å². The van der Waals surface area contributed by atoms with Crippen molar-refractivity contribution in [2.45, 2.75) is 27.2 Å². The molecule has 28 heavy (non-hydrogen) atoms. The zero-order valence-electron chi connectivity index (χ0n) is 16.2. The Hall–Kier alpha value is -3.47. The van der Waals surface area contributed by atoms with Crippen LogP contribution in [0.4, 0.5) is 11.4 Å². The minimum atomic E-state index is -0.307. The van der Waals surface area contributed by atoms with Crippen molar-refractivity contribution in [2.75, 3.05) is 10.6 Å². The van der Waals surface area contributed by atoms with Gasteiger partial charge in [-0.15, -0.1) is 0 Å². The molecule has 0 radical (unpaired) electrons. The number of hydrogen-bond donors (Lipinski definition) is 2. The van der Waals surface area contributed by atoms with Gasteiger partial charge in [-0.25, -0.2) is 0 Å². The Labute approximate surface area is 164 Å². The van der Waals surface area contributed by atoms with Crippen LogP contribution in [0.25, 0.3) is 0 Å². The van der Waals surface area contributed by atoms with Crippen molar-refractivity contribution < 1.29 is 9.59 Å². The van der Waals surface area contributed by atoms with E-state index in [-0.39, 0.29) is 11.8 Å². The third kappa shape index (κ3) is 4.43. The second-order valence-corrected chi connectivity index (χ2v) is 6.69. The molecule has 0 unspecified atom stereocenters. The number of hydrogen-bond acceptors (Lipinski definition) is 3. The Morgan fingerprint density at radius 1 is 0.857 bits per heavy atom. The molecule has 5 heteroatoms. The van der Waals surface area contributed by atoms with Crippen LogP contribution in [0.3, 0.4) is 0 Å². The van der Waals surface area contributed by atoms with E-state index in [2.05, 4.69) is 22.5 Å². The van der Waals surface area contributed by atoms with E-state index in [0.717, 1.165) is 23.2 Å². The molecule has 142 valence electrons. The summed E-state index contributed by atoms with van der Waals surface area (Å²) in [5.74, 6) is -0.606. The van der Waals surface area contributed by atoms with Crippen LogP contribution in [-0.4, -0.2) is 16.8 Å². The smallest absolute Gasteiger partial charge is 0.257 e. The molecule has 3 rings (SSSR count). The average Bonchev–Trinajstić information content (AvgIpc) is 2.71. The molecule has 5 nitrogen and oxygen atoms in total. The minimum Gasteiger partial charge on any atom is -0.322 e. The predicted octanol–water partition coefficient (Wildman–Crippen LogP) is 4.77. The summed E-state index contributed by atoms with van der Waals surface area (Å²) in [6.07, 6.45) is 3.84. The number of nitrogens with one attached hydrogen (secondary N) is 2. The van der Waals surface area contributed by atoms with E-state index >= 15 is 0 Å². The lowest BCUT2D eigenvalue weighted by Crippen LogP contribution is -2.17. The van der Waals surface area contributed by atoms with Crippen molar-refractivity contribution in [2.24, 2.45) is 0 Å². The Bertz CT molecular complexity index is 990. The van der Waals surface area contributed by atoms with Gasteiger partial charge in [0.15, 0.2) is 0 Å². The number of nitrogens with zero attached hydrogens (tertiary/aromatic N) is 1. The highest BCUT2D eigenvalue weighted by Gasteiger charge is 2.13. The number of amides is 2. The van der Waals surface area contributed by atoms with Gasteiger partial charge in [0.05, 0.1) is 11.1 Å². The summed E-state index contributed by atoms with van der Waals surface area (Å²) in [4.78, 5) is 29.2. The fraction of sp³-hybridized carbons (Fsp3) is 0.174. The summed E-state index contributed by atoms with van der Waals surface area (Å²) in [6, 6.07) is 15.0. The van der Waals surface area contributed by atoms with Crippen molar-refractivity contribution in [3.63, 3.8) is 0 Å². The van der Waals surface area contributed by atoms with Crippen LogP contribution in [-0.2, 0) is 6.42 Å². The molecule has 2 amide bonds. The number of pyridine rings is 1. The minimum absolute atomic E-state index is 0.299. The van der Waals surface area contributed by atoms with Crippen LogP contribution in [0, 0.1) is 13.8 Å². The fourth-order valence-electron chi connectivity index (χ4n) is 2.91.